The van der Waals surface area contributed by atoms with Gasteiger partial charge in [0.15, 0.2) is 0 Å². The topological polar surface area (TPSA) is 29.1 Å². The van der Waals surface area contributed by atoms with Crippen LogP contribution < -0.4 is 5.32 Å². The van der Waals surface area contributed by atoms with E-state index in [-0.39, 0.29) is 0 Å². The van der Waals surface area contributed by atoms with E-state index in [2.05, 4.69) is 5.32 Å². The molecule has 0 aromatic heterocycles. The first-order chi connectivity index (χ1) is 4.88. The minimum atomic E-state index is 0.310. The van der Waals surface area contributed by atoms with Gasteiger partial charge in [0.1, 0.15) is 0 Å². The van der Waals surface area contributed by atoms with Crippen LogP contribution in [-0.2, 0) is 4.79 Å². The average Bonchev–Trinajstić information content (AvgIpc) is 2.34. The van der Waals surface area contributed by atoms with E-state index < -0.39 is 0 Å². The Morgan fingerprint density at radius 3 is 2.90 bits per heavy atom. The molecule has 1 saturated carbocycles. The molecule has 2 atom stereocenters. The van der Waals surface area contributed by atoms with Crippen molar-refractivity contribution in [3.05, 3.63) is 0 Å². The van der Waals surface area contributed by atoms with Crippen LogP contribution in [0.4, 0.5) is 0 Å². The van der Waals surface area contributed by atoms with Crippen molar-refractivity contribution in [1.82, 2.24) is 5.32 Å². The highest BCUT2D eigenvalue weighted by Crippen LogP contribution is 2.32. The van der Waals surface area contributed by atoms with Gasteiger partial charge in [-0.1, -0.05) is 12.8 Å². The highest BCUT2D eigenvalue weighted by Gasteiger charge is 2.35. The second-order valence-corrected chi connectivity index (χ2v) is 3.40. The summed E-state index contributed by atoms with van der Waals surface area (Å²) in [4.78, 5) is 11.1. The average molecular weight is 139 g/mol. The van der Waals surface area contributed by atoms with E-state index in [1.54, 1.807) is 0 Å². The van der Waals surface area contributed by atoms with Crippen LogP contribution in [-0.4, -0.2) is 12.5 Å². The molecule has 1 unspecified atom stereocenters. The Labute approximate surface area is 61.0 Å². The Morgan fingerprint density at radius 1 is 1.30 bits per heavy atom. The summed E-state index contributed by atoms with van der Waals surface area (Å²) in [5.74, 6) is 1.37. The summed E-state index contributed by atoms with van der Waals surface area (Å²) in [7, 11) is 0. The van der Waals surface area contributed by atoms with Gasteiger partial charge >= 0.3 is 0 Å². The lowest BCUT2D eigenvalue weighted by atomic mass is 9.81. The number of rotatable bonds is 0. The summed E-state index contributed by atoms with van der Waals surface area (Å²) in [5, 5.41) is 2.92. The Hall–Kier alpha value is -0.530. The zero-order chi connectivity index (χ0) is 6.97. The normalized spacial score (nSPS) is 39.0. The predicted molar refractivity (Wildman–Crippen MR) is 38.5 cm³/mol. The van der Waals surface area contributed by atoms with E-state index in [0.717, 1.165) is 13.0 Å². The van der Waals surface area contributed by atoms with Gasteiger partial charge in [-0.2, -0.15) is 0 Å². The van der Waals surface area contributed by atoms with Crippen LogP contribution in [0.15, 0.2) is 0 Å². The summed E-state index contributed by atoms with van der Waals surface area (Å²) < 4.78 is 0. The van der Waals surface area contributed by atoms with Crippen molar-refractivity contribution in [3.8, 4) is 0 Å². The number of hydrogen-bond donors (Lipinski definition) is 1. The molecule has 0 aromatic carbocycles. The van der Waals surface area contributed by atoms with Crippen LogP contribution in [0.5, 0.6) is 0 Å². The molecular formula is C8H13NO. The van der Waals surface area contributed by atoms with Crippen molar-refractivity contribution in [3.63, 3.8) is 0 Å². The van der Waals surface area contributed by atoms with Gasteiger partial charge < -0.3 is 5.32 Å². The second-order valence-electron chi connectivity index (χ2n) is 3.40. The van der Waals surface area contributed by atoms with E-state index in [4.69, 9.17) is 0 Å². The molecule has 2 nitrogen and oxygen atoms in total. The molecule has 2 fully saturated rings. The van der Waals surface area contributed by atoms with Crippen LogP contribution >= 0.6 is 0 Å². The van der Waals surface area contributed by atoms with E-state index in [1.807, 2.05) is 0 Å². The SMILES string of the molecule is O=C1NCC2CCCC[C@@H]12. The lowest BCUT2D eigenvalue weighted by molar-refractivity contribution is -0.123. The van der Waals surface area contributed by atoms with E-state index >= 15 is 0 Å². The molecular weight excluding hydrogens is 126 g/mol. The van der Waals surface area contributed by atoms with Crippen molar-refractivity contribution in [2.24, 2.45) is 11.8 Å². The number of amides is 1. The maximum absolute atomic E-state index is 11.1. The molecule has 2 rings (SSSR count). The van der Waals surface area contributed by atoms with Crippen LogP contribution in [0.3, 0.4) is 0 Å². The van der Waals surface area contributed by atoms with Gasteiger partial charge in [0.05, 0.1) is 0 Å². The number of fused-ring (bicyclic) bond motifs is 1. The number of hydrogen-bond acceptors (Lipinski definition) is 1. The smallest absolute Gasteiger partial charge is 0.223 e. The third-order valence-electron chi connectivity index (χ3n) is 2.78. The zero-order valence-corrected chi connectivity index (χ0v) is 6.10. The molecule has 1 amide bonds. The fourth-order valence-electron chi connectivity index (χ4n) is 2.16. The molecule has 10 heavy (non-hydrogen) atoms. The molecule has 1 saturated heterocycles. The predicted octanol–water partition coefficient (Wildman–Crippen LogP) is 0.923. The van der Waals surface area contributed by atoms with Gasteiger partial charge in [-0.3, -0.25) is 4.79 Å². The third-order valence-corrected chi connectivity index (χ3v) is 2.78. The van der Waals surface area contributed by atoms with Crippen molar-refractivity contribution in [2.75, 3.05) is 6.54 Å². The van der Waals surface area contributed by atoms with E-state index in [0.29, 0.717) is 17.7 Å². The molecule has 0 spiro atoms. The minimum absolute atomic E-state index is 0.310. The number of carbonyl (C=O) groups excluding carboxylic acids is 1. The first-order valence-electron chi connectivity index (χ1n) is 4.15. The molecule has 1 aliphatic carbocycles. The summed E-state index contributed by atoms with van der Waals surface area (Å²) in [5.41, 5.74) is 0. The summed E-state index contributed by atoms with van der Waals surface area (Å²) >= 11 is 0. The van der Waals surface area contributed by atoms with E-state index in [9.17, 15) is 4.79 Å². The first kappa shape index (κ1) is 6.20. The molecule has 2 heteroatoms. The van der Waals surface area contributed by atoms with Gasteiger partial charge in [-0.25, -0.2) is 0 Å². The summed E-state index contributed by atoms with van der Waals surface area (Å²) in [6.07, 6.45) is 4.99. The van der Waals surface area contributed by atoms with Crippen LogP contribution in [0.1, 0.15) is 25.7 Å². The third kappa shape index (κ3) is 0.825. The summed E-state index contributed by atoms with van der Waals surface area (Å²) in [6.45, 7) is 0.948. The second kappa shape index (κ2) is 2.26. The molecule has 0 radical (unpaired) electrons. The monoisotopic (exact) mass is 139 g/mol. The first-order valence-corrected chi connectivity index (χ1v) is 4.15. The fourth-order valence-corrected chi connectivity index (χ4v) is 2.16. The van der Waals surface area contributed by atoms with E-state index in [1.165, 1.54) is 19.3 Å². The van der Waals surface area contributed by atoms with Gasteiger partial charge in [-0.15, -0.1) is 0 Å². The molecule has 1 aliphatic heterocycles. The molecule has 1 heterocycles. The fraction of sp³-hybridized carbons (Fsp3) is 0.875. The van der Waals surface area contributed by atoms with Crippen LogP contribution in [0.2, 0.25) is 0 Å². The van der Waals surface area contributed by atoms with Crippen molar-refractivity contribution in [1.29, 1.82) is 0 Å². The van der Waals surface area contributed by atoms with Crippen molar-refractivity contribution in [2.45, 2.75) is 25.7 Å². The molecule has 0 aromatic rings. The van der Waals surface area contributed by atoms with Gasteiger partial charge in [0.2, 0.25) is 5.91 Å². The maximum Gasteiger partial charge on any atom is 0.223 e. The molecule has 0 bridgehead atoms. The minimum Gasteiger partial charge on any atom is -0.356 e. The highest BCUT2D eigenvalue weighted by atomic mass is 16.2. The van der Waals surface area contributed by atoms with Crippen molar-refractivity contribution >= 4 is 5.91 Å². The van der Waals surface area contributed by atoms with Crippen LogP contribution in [0, 0.1) is 11.8 Å². The number of nitrogens with one attached hydrogen (secondary N) is 1. The number of carbonyl (C=O) groups is 1. The van der Waals surface area contributed by atoms with Crippen molar-refractivity contribution < 1.29 is 4.79 Å². The molecule has 56 valence electrons. The largest absolute Gasteiger partial charge is 0.356 e. The van der Waals surface area contributed by atoms with Crippen LogP contribution in [0.25, 0.3) is 0 Å². The Morgan fingerprint density at radius 2 is 2.10 bits per heavy atom. The lowest BCUT2D eigenvalue weighted by Gasteiger charge is -2.21. The van der Waals surface area contributed by atoms with Gasteiger partial charge in [-0.05, 0) is 18.8 Å². The van der Waals surface area contributed by atoms with Gasteiger partial charge in [0, 0.05) is 12.5 Å². The summed E-state index contributed by atoms with van der Waals surface area (Å²) in [6, 6.07) is 0. The molecule has 1 N–H and O–H groups in total. The lowest BCUT2D eigenvalue weighted by Crippen LogP contribution is -2.21. The maximum atomic E-state index is 11.1. The standard InChI is InChI=1S/C8H13NO/c10-8-7-4-2-1-3-6(7)5-9-8/h6-7H,1-5H2,(H,9,10)/t6?,7-/m1/s1. The Kier molecular flexibility index (Phi) is 1.40. The highest BCUT2D eigenvalue weighted by molar-refractivity contribution is 5.81. The Bertz CT molecular complexity index is 155. The molecule has 2 aliphatic rings. The van der Waals surface area contributed by atoms with Gasteiger partial charge in [0.25, 0.3) is 0 Å². The zero-order valence-electron chi connectivity index (χ0n) is 6.10. The Balaban J connectivity index is 2.08. The quantitative estimate of drug-likeness (QED) is 0.531.